The highest BCUT2D eigenvalue weighted by molar-refractivity contribution is 5.85. The molecule has 0 bridgehead atoms. The highest BCUT2D eigenvalue weighted by Gasteiger charge is 2.42. The minimum Gasteiger partial charge on any atom is -0.487 e. The molecule has 0 aliphatic carbocycles. The van der Waals surface area contributed by atoms with E-state index in [1.807, 2.05) is 0 Å². The van der Waals surface area contributed by atoms with Crippen LogP contribution in [-0.4, -0.2) is 30.0 Å². The van der Waals surface area contributed by atoms with Gasteiger partial charge in [-0.05, 0) is 24.3 Å². The fraction of sp³-hybridized carbons (Fsp3) is 0.286. The first kappa shape index (κ1) is 18.8. The van der Waals surface area contributed by atoms with Gasteiger partial charge in [0.2, 0.25) is 0 Å². The molecule has 25 heavy (non-hydrogen) atoms. The second-order valence-corrected chi connectivity index (χ2v) is 4.79. The minimum absolute atomic E-state index is 0.0252. The summed E-state index contributed by atoms with van der Waals surface area (Å²) in [5.74, 6) is -2.45. The SMILES string of the molecule is NC(COc1ccnc2cc(C(F)(F)F)ccc12)OC(=O)C(F)(F)F. The summed E-state index contributed by atoms with van der Waals surface area (Å²) in [5.41, 5.74) is 4.26. The van der Waals surface area contributed by atoms with E-state index in [0.29, 0.717) is 0 Å². The first-order valence-electron chi connectivity index (χ1n) is 6.60. The van der Waals surface area contributed by atoms with Gasteiger partial charge < -0.3 is 9.47 Å². The normalized spacial score (nSPS) is 13.6. The number of carbonyl (C=O) groups is 1. The van der Waals surface area contributed by atoms with E-state index in [4.69, 9.17) is 10.5 Å². The molecule has 1 aromatic carbocycles. The Bertz CT molecular complexity index is 775. The van der Waals surface area contributed by atoms with E-state index in [9.17, 15) is 31.1 Å². The predicted octanol–water partition coefficient (Wildman–Crippen LogP) is 3.02. The number of benzene rings is 1. The van der Waals surface area contributed by atoms with Crippen LogP contribution in [0.5, 0.6) is 5.75 Å². The Balaban J connectivity index is 2.13. The molecular weight excluding hydrogens is 358 g/mol. The molecule has 136 valence electrons. The molecule has 0 aliphatic heterocycles. The lowest BCUT2D eigenvalue weighted by Gasteiger charge is -2.16. The van der Waals surface area contributed by atoms with Crippen molar-refractivity contribution in [3.63, 3.8) is 0 Å². The molecule has 0 spiro atoms. The van der Waals surface area contributed by atoms with Crippen molar-refractivity contribution in [1.29, 1.82) is 0 Å². The van der Waals surface area contributed by atoms with E-state index in [0.717, 1.165) is 24.4 Å². The maximum absolute atomic E-state index is 12.7. The summed E-state index contributed by atoms with van der Waals surface area (Å²) >= 11 is 0. The molecule has 0 radical (unpaired) electrons. The largest absolute Gasteiger partial charge is 0.490 e. The van der Waals surface area contributed by atoms with Gasteiger partial charge in [0.15, 0.2) is 6.23 Å². The van der Waals surface area contributed by atoms with E-state index in [1.165, 1.54) is 6.07 Å². The number of hydrogen-bond acceptors (Lipinski definition) is 5. The highest BCUT2D eigenvalue weighted by Crippen LogP contribution is 2.33. The average molecular weight is 368 g/mol. The number of rotatable bonds is 4. The average Bonchev–Trinajstić information content (AvgIpc) is 2.50. The number of fused-ring (bicyclic) bond motifs is 1. The fourth-order valence-electron chi connectivity index (χ4n) is 1.83. The van der Waals surface area contributed by atoms with Crippen molar-refractivity contribution >= 4 is 16.9 Å². The smallest absolute Gasteiger partial charge is 0.487 e. The van der Waals surface area contributed by atoms with Gasteiger partial charge in [-0.2, -0.15) is 26.3 Å². The molecule has 0 aliphatic rings. The molecule has 11 heteroatoms. The molecule has 2 aromatic rings. The molecule has 5 nitrogen and oxygen atoms in total. The topological polar surface area (TPSA) is 74.4 Å². The number of nitrogens with two attached hydrogens (primary N) is 1. The summed E-state index contributed by atoms with van der Waals surface area (Å²) in [4.78, 5) is 14.4. The summed E-state index contributed by atoms with van der Waals surface area (Å²) in [6, 6.07) is 3.99. The van der Waals surface area contributed by atoms with Crippen LogP contribution in [0.3, 0.4) is 0 Å². The number of nitrogens with zero attached hydrogens (tertiary/aromatic N) is 1. The Kier molecular flexibility index (Phi) is 5.07. The van der Waals surface area contributed by atoms with Crippen LogP contribution in [-0.2, 0) is 15.7 Å². The van der Waals surface area contributed by atoms with Crippen molar-refractivity contribution in [1.82, 2.24) is 4.98 Å². The van der Waals surface area contributed by atoms with Crippen LogP contribution in [0.2, 0.25) is 0 Å². The van der Waals surface area contributed by atoms with Crippen molar-refractivity contribution < 1.29 is 40.6 Å². The summed E-state index contributed by atoms with van der Waals surface area (Å²) in [6.07, 6.45) is -10.3. The molecule has 2 rings (SSSR count). The van der Waals surface area contributed by atoms with Gasteiger partial charge in [-0.1, -0.05) is 0 Å². The third-order valence-corrected chi connectivity index (χ3v) is 2.92. The number of ether oxygens (including phenoxy) is 2. The first-order valence-corrected chi connectivity index (χ1v) is 6.60. The fourth-order valence-corrected chi connectivity index (χ4v) is 1.83. The Morgan fingerprint density at radius 1 is 1.16 bits per heavy atom. The van der Waals surface area contributed by atoms with Gasteiger partial charge >= 0.3 is 18.3 Å². The van der Waals surface area contributed by atoms with E-state index >= 15 is 0 Å². The maximum atomic E-state index is 12.7. The molecular formula is C14H10F6N2O3. The molecule has 1 unspecified atom stereocenters. The van der Waals surface area contributed by atoms with Crippen LogP contribution in [0.15, 0.2) is 30.5 Å². The number of esters is 1. The number of carbonyl (C=O) groups excluding carboxylic acids is 1. The monoisotopic (exact) mass is 368 g/mol. The lowest BCUT2D eigenvalue weighted by atomic mass is 10.1. The Hall–Kier alpha value is -2.56. The van der Waals surface area contributed by atoms with E-state index in [2.05, 4.69) is 9.72 Å². The Labute approximate surface area is 136 Å². The number of hydrogen-bond donors (Lipinski definition) is 1. The van der Waals surface area contributed by atoms with Crippen molar-refractivity contribution in [2.75, 3.05) is 6.61 Å². The molecule has 0 fully saturated rings. The van der Waals surface area contributed by atoms with Gasteiger partial charge in [0, 0.05) is 11.6 Å². The van der Waals surface area contributed by atoms with Gasteiger partial charge in [-0.15, -0.1) is 0 Å². The lowest BCUT2D eigenvalue weighted by Crippen LogP contribution is -2.38. The van der Waals surface area contributed by atoms with Gasteiger partial charge in [0.1, 0.15) is 12.4 Å². The van der Waals surface area contributed by atoms with Gasteiger partial charge in [-0.25, -0.2) is 4.79 Å². The van der Waals surface area contributed by atoms with Crippen LogP contribution < -0.4 is 10.5 Å². The quantitative estimate of drug-likeness (QED) is 0.510. The van der Waals surface area contributed by atoms with Crippen LogP contribution in [0, 0.1) is 0 Å². The first-order chi connectivity index (χ1) is 11.5. The van der Waals surface area contributed by atoms with E-state index in [1.54, 1.807) is 0 Å². The molecule has 1 atom stereocenters. The van der Waals surface area contributed by atoms with Gasteiger partial charge in [0.25, 0.3) is 0 Å². The summed E-state index contributed by atoms with van der Waals surface area (Å²) < 4.78 is 83.2. The zero-order valence-electron chi connectivity index (χ0n) is 12.2. The Morgan fingerprint density at radius 3 is 2.44 bits per heavy atom. The lowest BCUT2D eigenvalue weighted by molar-refractivity contribution is -0.205. The van der Waals surface area contributed by atoms with Crippen LogP contribution in [0.1, 0.15) is 5.56 Å². The predicted molar refractivity (Wildman–Crippen MR) is 72.4 cm³/mol. The van der Waals surface area contributed by atoms with Gasteiger partial charge in [-0.3, -0.25) is 10.7 Å². The number of pyridine rings is 1. The third-order valence-electron chi connectivity index (χ3n) is 2.92. The minimum atomic E-state index is -5.20. The van der Waals surface area contributed by atoms with Crippen molar-refractivity contribution in [2.45, 2.75) is 18.6 Å². The van der Waals surface area contributed by atoms with Gasteiger partial charge in [0.05, 0.1) is 11.1 Å². The molecule has 0 saturated carbocycles. The number of halogens is 6. The zero-order chi connectivity index (χ0) is 18.8. The molecule has 1 aromatic heterocycles. The summed E-state index contributed by atoms with van der Waals surface area (Å²) in [7, 11) is 0. The highest BCUT2D eigenvalue weighted by atomic mass is 19.4. The second-order valence-electron chi connectivity index (χ2n) is 4.79. The Morgan fingerprint density at radius 2 is 1.84 bits per heavy atom. The molecule has 0 saturated heterocycles. The molecule has 1 heterocycles. The van der Waals surface area contributed by atoms with Crippen molar-refractivity contribution in [2.24, 2.45) is 5.73 Å². The second kappa shape index (κ2) is 6.75. The van der Waals surface area contributed by atoms with Crippen LogP contribution in [0.25, 0.3) is 10.9 Å². The molecule has 2 N–H and O–H groups in total. The van der Waals surface area contributed by atoms with Crippen molar-refractivity contribution in [3.8, 4) is 5.75 Å². The van der Waals surface area contributed by atoms with E-state index < -0.39 is 36.7 Å². The van der Waals surface area contributed by atoms with Crippen molar-refractivity contribution in [3.05, 3.63) is 36.0 Å². The number of aromatic nitrogens is 1. The number of alkyl halides is 6. The van der Waals surface area contributed by atoms with E-state index in [-0.39, 0.29) is 16.7 Å². The molecule has 0 amide bonds. The third kappa shape index (κ3) is 4.72. The summed E-state index contributed by atoms with van der Waals surface area (Å²) in [5, 5.41) is 0.185. The zero-order valence-corrected chi connectivity index (χ0v) is 12.2. The maximum Gasteiger partial charge on any atom is 0.490 e. The van der Waals surface area contributed by atoms with Crippen LogP contribution >= 0.6 is 0 Å². The summed E-state index contributed by atoms with van der Waals surface area (Å²) in [6.45, 7) is -0.637. The standard InChI is InChI=1S/C14H10F6N2O3/c15-13(16,17)7-1-2-8-9(5-7)22-4-3-10(8)24-6-11(21)25-12(23)14(18,19)20/h1-5,11H,6,21H2. The van der Waals surface area contributed by atoms with Crippen LogP contribution in [0.4, 0.5) is 26.3 Å².